The van der Waals surface area contributed by atoms with Gasteiger partial charge in [-0.1, -0.05) is 19.3 Å². The first kappa shape index (κ1) is 23.0. The van der Waals surface area contributed by atoms with E-state index in [9.17, 15) is 24.4 Å². The van der Waals surface area contributed by atoms with Gasteiger partial charge in [0.05, 0.1) is 12.0 Å². The molecule has 0 aromatic rings. The molecule has 2 heterocycles. The lowest BCUT2D eigenvalue weighted by Gasteiger charge is -2.33. The van der Waals surface area contributed by atoms with Gasteiger partial charge >= 0.3 is 7.12 Å². The number of hydrogen-bond acceptors (Lipinski definition) is 6. The molecule has 4 atom stereocenters. The Morgan fingerprint density at radius 3 is 2.23 bits per heavy atom. The monoisotopic (exact) mass is 422 g/mol. The van der Waals surface area contributed by atoms with Gasteiger partial charge in [-0.3, -0.25) is 14.4 Å². The molecule has 5 N–H and O–H groups in total. The summed E-state index contributed by atoms with van der Waals surface area (Å²) in [5, 5.41) is 21.7. The van der Waals surface area contributed by atoms with Crippen molar-refractivity contribution in [2.75, 3.05) is 13.1 Å². The highest BCUT2D eigenvalue weighted by Crippen LogP contribution is 2.28. The topological polar surface area (TPSA) is 136 Å². The van der Waals surface area contributed by atoms with Crippen molar-refractivity contribution in [3.05, 3.63) is 0 Å². The van der Waals surface area contributed by atoms with E-state index >= 15 is 0 Å². The number of carbonyl (C=O) groups excluding carboxylic acids is 3. The summed E-state index contributed by atoms with van der Waals surface area (Å²) in [5.74, 6) is -1.32. The summed E-state index contributed by atoms with van der Waals surface area (Å²) in [5.41, 5.74) is 6.28. The lowest BCUT2D eigenvalue weighted by molar-refractivity contribution is -0.142. The van der Waals surface area contributed by atoms with Gasteiger partial charge < -0.3 is 30.9 Å². The first-order valence-electron chi connectivity index (χ1n) is 11.3. The maximum atomic E-state index is 13.0. The van der Waals surface area contributed by atoms with Crippen molar-refractivity contribution in [2.45, 2.75) is 88.8 Å². The molecule has 0 bridgehead atoms. The van der Waals surface area contributed by atoms with Crippen LogP contribution in [0, 0.1) is 5.92 Å². The van der Waals surface area contributed by atoms with Crippen LogP contribution < -0.4 is 11.1 Å². The third-order valence-corrected chi connectivity index (χ3v) is 6.94. The van der Waals surface area contributed by atoms with Crippen LogP contribution >= 0.6 is 0 Å². The van der Waals surface area contributed by atoms with E-state index in [-0.39, 0.29) is 23.6 Å². The zero-order valence-corrected chi connectivity index (χ0v) is 17.8. The summed E-state index contributed by atoms with van der Waals surface area (Å²) in [7, 11) is -1.59. The van der Waals surface area contributed by atoms with Crippen LogP contribution in [0.4, 0.5) is 0 Å². The summed E-state index contributed by atoms with van der Waals surface area (Å²) in [6.45, 7) is 2.53. The Hall–Kier alpha value is -1.65. The molecule has 2 unspecified atom stereocenters. The second kappa shape index (κ2) is 10.1. The SMILES string of the molecule is CC(NC(=O)[C@@H]1CCCN1C(=O)C(N)C1CCCCC1)C(=O)N1CCC[C@H]1B(O)O. The molecule has 30 heavy (non-hydrogen) atoms. The van der Waals surface area contributed by atoms with E-state index in [1.165, 1.54) is 11.3 Å². The van der Waals surface area contributed by atoms with Gasteiger partial charge in [0.1, 0.15) is 12.1 Å². The summed E-state index contributed by atoms with van der Waals surface area (Å²) < 4.78 is 0. The predicted molar refractivity (Wildman–Crippen MR) is 112 cm³/mol. The highest BCUT2D eigenvalue weighted by molar-refractivity contribution is 6.43. The third kappa shape index (κ3) is 4.98. The molecule has 3 aliphatic rings. The average molecular weight is 422 g/mol. The Bertz CT molecular complexity index is 643. The van der Waals surface area contributed by atoms with Gasteiger partial charge in [-0.2, -0.15) is 0 Å². The Labute approximate surface area is 178 Å². The molecule has 0 radical (unpaired) electrons. The number of amides is 3. The standard InChI is InChI=1S/C20H35BN4O5/c1-13(19(27)25-12-6-10-16(25)21(29)30)23-18(26)15-9-5-11-24(15)20(28)17(22)14-7-3-2-4-8-14/h13-17,29-30H,2-12,22H2,1H3,(H,23,26)/t13?,15-,16-,17?/m0/s1. The zero-order chi connectivity index (χ0) is 21.8. The van der Waals surface area contributed by atoms with Gasteiger partial charge in [-0.05, 0) is 51.4 Å². The molecule has 3 rings (SSSR count). The van der Waals surface area contributed by atoms with Crippen molar-refractivity contribution < 1.29 is 24.4 Å². The number of hydrogen-bond donors (Lipinski definition) is 4. The molecule has 9 nitrogen and oxygen atoms in total. The smallest absolute Gasteiger partial charge is 0.426 e. The summed E-state index contributed by atoms with van der Waals surface area (Å²) in [4.78, 5) is 41.6. The normalized spacial score (nSPS) is 27.1. The lowest BCUT2D eigenvalue weighted by atomic mass is 9.78. The summed E-state index contributed by atoms with van der Waals surface area (Å²) in [6.07, 6.45) is 7.78. The summed E-state index contributed by atoms with van der Waals surface area (Å²) >= 11 is 0. The lowest BCUT2D eigenvalue weighted by Crippen LogP contribution is -2.57. The van der Waals surface area contributed by atoms with E-state index in [0.717, 1.165) is 32.1 Å². The second-order valence-electron chi connectivity index (χ2n) is 9.00. The highest BCUT2D eigenvalue weighted by atomic mass is 16.4. The van der Waals surface area contributed by atoms with Gasteiger partial charge in [0, 0.05) is 13.1 Å². The highest BCUT2D eigenvalue weighted by Gasteiger charge is 2.41. The molecule has 3 fully saturated rings. The molecule has 1 saturated carbocycles. The molecule has 0 aromatic heterocycles. The van der Waals surface area contributed by atoms with Crippen LogP contribution in [-0.4, -0.2) is 81.8 Å². The number of nitrogens with one attached hydrogen (secondary N) is 1. The van der Waals surface area contributed by atoms with Crippen LogP contribution in [0.15, 0.2) is 0 Å². The number of nitrogens with zero attached hydrogens (tertiary/aromatic N) is 2. The van der Waals surface area contributed by atoms with Crippen molar-refractivity contribution >= 4 is 24.8 Å². The van der Waals surface area contributed by atoms with Gasteiger partial charge in [-0.25, -0.2) is 0 Å². The number of rotatable bonds is 6. The fourth-order valence-corrected chi connectivity index (χ4v) is 5.19. The molecular weight excluding hydrogens is 387 g/mol. The zero-order valence-electron chi connectivity index (χ0n) is 17.8. The minimum absolute atomic E-state index is 0.165. The Kier molecular flexibility index (Phi) is 7.76. The third-order valence-electron chi connectivity index (χ3n) is 6.94. The molecule has 3 amide bonds. The minimum atomic E-state index is -1.59. The number of likely N-dealkylation sites (tertiary alicyclic amines) is 2. The van der Waals surface area contributed by atoms with E-state index < -0.39 is 31.2 Å². The molecule has 168 valence electrons. The van der Waals surface area contributed by atoms with Gasteiger partial charge in [0.25, 0.3) is 0 Å². The molecule has 2 saturated heterocycles. The van der Waals surface area contributed by atoms with Crippen LogP contribution in [0.1, 0.15) is 64.7 Å². The average Bonchev–Trinajstić information content (AvgIpc) is 3.42. The van der Waals surface area contributed by atoms with Crippen molar-refractivity contribution in [3.63, 3.8) is 0 Å². The molecule has 2 aliphatic heterocycles. The first-order valence-corrected chi connectivity index (χ1v) is 11.3. The molecular formula is C20H35BN4O5. The van der Waals surface area contributed by atoms with Crippen LogP contribution in [0.2, 0.25) is 0 Å². The van der Waals surface area contributed by atoms with E-state index in [2.05, 4.69) is 5.32 Å². The maximum absolute atomic E-state index is 13.0. The predicted octanol–water partition coefficient (Wildman–Crippen LogP) is -0.607. The van der Waals surface area contributed by atoms with E-state index in [0.29, 0.717) is 32.4 Å². The van der Waals surface area contributed by atoms with Crippen molar-refractivity contribution in [3.8, 4) is 0 Å². The summed E-state index contributed by atoms with van der Waals surface area (Å²) in [6, 6.07) is -1.99. The Morgan fingerprint density at radius 1 is 0.933 bits per heavy atom. The van der Waals surface area contributed by atoms with Crippen LogP contribution in [0.3, 0.4) is 0 Å². The van der Waals surface area contributed by atoms with Crippen LogP contribution in [0.5, 0.6) is 0 Å². The number of carbonyl (C=O) groups is 3. The Morgan fingerprint density at radius 2 is 1.57 bits per heavy atom. The second-order valence-corrected chi connectivity index (χ2v) is 9.00. The van der Waals surface area contributed by atoms with E-state index in [4.69, 9.17) is 5.73 Å². The Balaban J connectivity index is 1.58. The van der Waals surface area contributed by atoms with Gasteiger partial charge in [0.2, 0.25) is 17.7 Å². The maximum Gasteiger partial charge on any atom is 0.475 e. The van der Waals surface area contributed by atoms with Crippen molar-refractivity contribution in [2.24, 2.45) is 11.7 Å². The van der Waals surface area contributed by atoms with E-state index in [1.54, 1.807) is 11.8 Å². The minimum Gasteiger partial charge on any atom is -0.426 e. The van der Waals surface area contributed by atoms with Gasteiger partial charge in [0.15, 0.2) is 0 Å². The molecule has 1 aliphatic carbocycles. The molecule has 0 spiro atoms. The van der Waals surface area contributed by atoms with Crippen molar-refractivity contribution in [1.29, 1.82) is 0 Å². The van der Waals surface area contributed by atoms with Crippen molar-refractivity contribution in [1.82, 2.24) is 15.1 Å². The van der Waals surface area contributed by atoms with E-state index in [1.807, 2.05) is 0 Å². The fourth-order valence-electron chi connectivity index (χ4n) is 5.19. The molecule has 10 heteroatoms. The largest absolute Gasteiger partial charge is 0.475 e. The van der Waals surface area contributed by atoms with Gasteiger partial charge in [-0.15, -0.1) is 0 Å². The molecule has 0 aromatic carbocycles. The first-order chi connectivity index (χ1) is 14.3. The number of nitrogens with two attached hydrogens (primary N) is 1. The quantitative estimate of drug-likeness (QED) is 0.422. The van der Waals surface area contributed by atoms with Crippen LogP contribution in [0.25, 0.3) is 0 Å². The van der Waals surface area contributed by atoms with Crippen LogP contribution in [-0.2, 0) is 14.4 Å². The fraction of sp³-hybridized carbons (Fsp3) is 0.850.